The molecule has 3 aromatic carbocycles. The first-order chi connectivity index (χ1) is 21.3. The van der Waals surface area contributed by atoms with Crippen molar-refractivity contribution in [2.24, 2.45) is 0 Å². The zero-order valence-corrected chi connectivity index (χ0v) is 25.7. The molecule has 3 N–H and O–H groups in total. The highest BCUT2D eigenvalue weighted by molar-refractivity contribution is 7.89. The van der Waals surface area contributed by atoms with E-state index >= 15 is 0 Å². The third-order valence-electron chi connectivity index (χ3n) is 7.49. The predicted octanol–water partition coefficient (Wildman–Crippen LogP) is 5.07. The van der Waals surface area contributed by atoms with Gasteiger partial charge < -0.3 is 20.5 Å². The van der Waals surface area contributed by atoms with Crippen molar-refractivity contribution >= 4 is 27.5 Å². The summed E-state index contributed by atoms with van der Waals surface area (Å²) >= 11 is 0. The molecule has 1 unspecified atom stereocenters. The van der Waals surface area contributed by atoms with E-state index in [1.807, 2.05) is 6.92 Å². The second-order valence-corrected chi connectivity index (χ2v) is 12.7. The van der Waals surface area contributed by atoms with E-state index < -0.39 is 56.7 Å². The van der Waals surface area contributed by atoms with E-state index in [0.29, 0.717) is 48.1 Å². The molecule has 13 heteroatoms. The average Bonchev–Trinajstić information content (AvgIpc) is 3.01. The predicted molar refractivity (Wildman–Crippen MR) is 162 cm³/mol. The maximum absolute atomic E-state index is 13.7. The number of halogens is 3. The molecule has 3 aromatic rings. The van der Waals surface area contributed by atoms with Gasteiger partial charge in [-0.15, -0.1) is 0 Å². The molecule has 2 amide bonds. The van der Waals surface area contributed by atoms with Crippen molar-refractivity contribution in [3.63, 3.8) is 0 Å². The van der Waals surface area contributed by atoms with Crippen LogP contribution >= 0.6 is 0 Å². The van der Waals surface area contributed by atoms with Gasteiger partial charge >= 0.3 is 6.18 Å². The summed E-state index contributed by atoms with van der Waals surface area (Å²) in [6, 6.07) is 14.5. The summed E-state index contributed by atoms with van der Waals surface area (Å²) in [6.07, 6.45) is -4.35. The fourth-order valence-electron chi connectivity index (χ4n) is 5.10. The fraction of sp³-hybridized carbons (Fsp3) is 0.375. The van der Waals surface area contributed by atoms with Gasteiger partial charge in [-0.2, -0.15) is 17.5 Å². The van der Waals surface area contributed by atoms with Crippen molar-refractivity contribution in [2.45, 2.75) is 68.8 Å². The number of nitrogens with one attached hydrogen (secondary N) is 2. The lowest BCUT2D eigenvalue weighted by atomic mass is 10.00. The maximum atomic E-state index is 13.7. The van der Waals surface area contributed by atoms with Gasteiger partial charge in [0.1, 0.15) is 17.8 Å². The van der Waals surface area contributed by atoms with E-state index in [1.54, 1.807) is 55.5 Å². The molecule has 0 radical (unpaired) electrons. The van der Waals surface area contributed by atoms with Gasteiger partial charge in [-0.1, -0.05) is 36.8 Å². The van der Waals surface area contributed by atoms with Gasteiger partial charge in [0, 0.05) is 18.7 Å². The van der Waals surface area contributed by atoms with Crippen molar-refractivity contribution in [3.8, 4) is 5.75 Å². The van der Waals surface area contributed by atoms with Gasteiger partial charge in [-0.05, 0) is 80.3 Å². The lowest BCUT2D eigenvalue weighted by molar-refractivity contribution is -0.137. The molecule has 1 saturated heterocycles. The molecule has 0 bridgehead atoms. The number of alkyl halides is 3. The lowest BCUT2D eigenvalue weighted by Crippen LogP contribution is -2.56. The van der Waals surface area contributed by atoms with Crippen molar-refractivity contribution < 1.29 is 41.0 Å². The summed E-state index contributed by atoms with van der Waals surface area (Å²) in [5, 5.41) is 15.3. The van der Waals surface area contributed by atoms with Gasteiger partial charge in [0.2, 0.25) is 21.8 Å². The second-order valence-electron chi connectivity index (χ2n) is 10.8. The van der Waals surface area contributed by atoms with Crippen LogP contribution in [0, 0.1) is 0 Å². The minimum absolute atomic E-state index is 0.0434. The number of aliphatic hydroxyl groups excluding tert-OH is 1. The van der Waals surface area contributed by atoms with Crippen LogP contribution in [-0.2, 0) is 32.2 Å². The molecule has 0 aliphatic carbocycles. The number of hydrogen-bond donors (Lipinski definition) is 3. The lowest BCUT2D eigenvalue weighted by Gasteiger charge is -2.34. The number of sulfonamides is 1. The van der Waals surface area contributed by atoms with E-state index in [9.17, 15) is 36.3 Å². The average molecular weight is 648 g/mol. The monoisotopic (exact) mass is 647 g/mol. The number of carbonyl (C=O) groups excluding carboxylic acids is 2. The topological polar surface area (TPSA) is 125 Å². The fourth-order valence-corrected chi connectivity index (χ4v) is 6.80. The first-order valence-corrected chi connectivity index (χ1v) is 16.0. The number of hydrogen-bond acceptors (Lipinski definition) is 6. The van der Waals surface area contributed by atoms with Crippen LogP contribution in [0.3, 0.4) is 0 Å². The number of nitrogens with zero attached hydrogens (tertiary/aromatic N) is 1. The number of carbonyl (C=O) groups is 2. The molecule has 1 aliphatic rings. The zero-order chi connectivity index (χ0) is 32.8. The SMILES string of the molecule is CCOc1ccc(NC(=O)[C@H](Cc2ccc(C(C)O)cc2)NC(=O)[C@@H]2CCCCN2S(=O)(=O)c2cccc(C(F)(F)F)c2)cc1. The van der Waals surface area contributed by atoms with Gasteiger partial charge in [0.15, 0.2) is 0 Å². The Morgan fingerprint density at radius 3 is 2.36 bits per heavy atom. The van der Waals surface area contributed by atoms with Crippen LogP contribution in [0.15, 0.2) is 77.7 Å². The Hall–Kier alpha value is -3.94. The minimum Gasteiger partial charge on any atom is -0.494 e. The molecule has 3 atom stereocenters. The zero-order valence-electron chi connectivity index (χ0n) is 24.9. The molecule has 1 heterocycles. The van der Waals surface area contributed by atoms with Gasteiger partial charge in [-0.25, -0.2) is 8.42 Å². The number of anilines is 1. The molecule has 0 spiro atoms. The summed E-state index contributed by atoms with van der Waals surface area (Å²) in [7, 11) is -4.49. The third kappa shape index (κ3) is 8.62. The van der Waals surface area contributed by atoms with Crippen LogP contribution in [-0.4, -0.2) is 54.9 Å². The number of benzene rings is 3. The molecular formula is C32H36F3N3O6S. The molecule has 0 saturated carbocycles. The summed E-state index contributed by atoms with van der Waals surface area (Å²) in [5.41, 5.74) is 0.659. The largest absolute Gasteiger partial charge is 0.494 e. The van der Waals surface area contributed by atoms with E-state index in [-0.39, 0.29) is 19.4 Å². The van der Waals surface area contributed by atoms with E-state index in [2.05, 4.69) is 10.6 Å². The standard InChI is InChI=1S/C32H36F3N3O6S/c1-3-44-26-16-14-25(15-17-26)36-30(40)28(19-22-10-12-23(13-11-22)21(2)39)37-31(41)29-9-4-5-18-38(29)45(42,43)27-8-6-7-24(20-27)32(33,34)35/h6-8,10-17,20-21,28-29,39H,3-5,9,18-19H2,1-2H3,(H,36,40)(H,37,41)/t21?,28-,29-/m0/s1. The van der Waals surface area contributed by atoms with Crippen molar-refractivity contribution in [1.29, 1.82) is 0 Å². The van der Waals surface area contributed by atoms with Gasteiger partial charge in [0.05, 0.1) is 23.2 Å². The Morgan fingerprint density at radius 1 is 1.04 bits per heavy atom. The number of piperidine rings is 1. The molecule has 45 heavy (non-hydrogen) atoms. The molecule has 9 nitrogen and oxygen atoms in total. The van der Waals surface area contributed by atoms with E-state index in [1.165, 1.54) is 0 Å². The Morgan fingerprint density at radius 2 is 1.73 bits per heavy atom. The van der Waals surface area contributed by atoms with Crippen LogP contribution in [0.2, 0.25) is 0 Å². The van der Waals surface area contributed by atoms with Crippen LogP contribution in [0.5, 0.6) is 5.75 Å². The molecule has 4 rings (SSSR count). The number of ether oxygens (including phenoxy) is 1. The van der Waals surface area contributed by atoms with Crippen molar-refractivity contribution in [2.75, 3.05) is 18.5 Å². The van der Waals surface area contributed by atoms with E-state index in [0.717, 1.165) is 22.5 Å². The molecule has 1 fully saturated rings. The highest BCUT2D eigenvalue weighted by Crippen LogP contribution is 2.32. The van der Waals surface area contributed by atoms with Crippen LogP contribution < -0.4 is 15.4 Å². The molecule has 1 aliphatic heterocycles. The van der Waals surface area contributed by atoms with Crippen molar-refractivity contribution in [1.82, 2.24) is 9.62 Å². The minimum atomic E-state index is -4.75. The summed E-state index contributed by atoms with van der Waals surface area (Å²) in [4.78, 5) is 26.7. The van der Waals surface area contributed by atoms with Crippen LogP contribution in [0.1, 0.15) is 55.9 Å². The Bertz CT molecular complexity index is 1580. The number of amides is 2. The molecule has 242 valence electrons. The normalized spacial score (nSPS) is 17.2. The van der Waals surface area contributed by atoms with E-state index in [4.69, 9.17) is 4.74 Å². The molecule has 0 aromatic heterocycles. The highest BCUT2D eigenvalue weighted by Gasteiger charge is 2.40. The van der Waals surface area contributed by atoms with Crippen LogP contribution in [0.4, 0.5) is 18.9 Å². The molecular weight excluding hydrogens is 611 g/mol. The Balaban J connectivity index is 1.59. The summed E-state index contributed by atoms with van der Waals surface area (Å²) in [5.74, 6) is -0.689. The maximum Gasteiger partial charge on any atom is 0.416 e. The number of aliphatic hydroxyl groups is 1. The van der Waals surface area contributed by atoms with Gasteiger partial charge in [-0.3, -0.25) is 9.59 Å². The number of rotatable bonds is 11. The Kier molecular flexibility index (Phi) is 10.9. The second kappa shape index (κ2) is 14.4. The van der Waals surface area contributed by atoms with Gasteiger partial charge in [0.25, 0.3) is 0 Å². The third-order valence-corrected chi connectivity index (χ3v) is 9.40. The first kappa shape index (κ1) is 33.9. The van der Waals surface area contributed by atoms with Crippen molar-refractivity contribution in [3.05, 3.63) is 89.5 Å². The summed E-state index contributed by atoms with van der Waals surface area (Å²) in [6.45, 7) is 3.86. The van der Waals surface area contributed by atoms with Crippen LogP contribution in [0.25, 0.3) is 0 Å². The highest BCUT2D eigenvalue weighted by atomic mass is 32.2. The quantitative estimate of drug-likeness (QED) is 0.267. The Labute approximate surface area is 260 Å². The first-order valence-electron chi connectivity index (χ1n) is 14.6. The summed E-state index contributed by atoms with van der Waals surface area (Å²) < 4.78 is 73.5. The smallest absolute Gasteiger partial charge is 0.416 e.